The van der Waals surface area contributed by atoms with Gasteiger partial charge in [0.1, 0.15) is 24.9 Å². The number of ether oxygens (including phenoxy) is 4. The highest BCUT2D eigenvalue weighted by Gasteiger charge is 2.54. The van der Waals surface area contributed by atoms with Crippen molar-refractivity contribution in [2.24, 2.45) is 11.5 Å². The summed E-state index contributed by atoms with van der Waals surface area (Å²) in [4.78, 5) is 11.7. The van der Waals surface area contributed by atoms with E-state index in [-0.39, 0.29) is 11.1 Å². The Balaban J connectivity index is 1.68. The molecule has 2 aliphatic rings. The molecule has 0 amide bonds. The number of aliphatic hydroxyl groups excluding tert-OH is 2. The quantitative estimate of drug-likeness (QED) is 0.227. The van der Waals surface area contributed by atoms with Gasteiger partial charge in [-0.1, -0.05) is 81.4 Å². The van der Waals surface area contributed by atoms with Crippen molar-refractivity contribution in [2.45, 2.75) is 94.0 Å². The summed E-state index contributed by atoms with van der Waals surface area (Å²) < 4.78 is 30.2. The van der Waals surface area contributed by atoms with Gasteiger partial charge in [0.15, 0.2) is 6.29 Å². The molecule has 8 atom stereocenters. The molecule has 11 heteroatoms. The molecule has 0 aromatic heterocycles. The van der Waals surface area contributed by atoms with Gasteiger partial charge in [0.25, 0.3) is 8.32 Å². The van der Waals surface area contributed by atoms with Gasteiger partial charge in [-0.15, -0.1) is 0 Å². The minimum absolute atomic E-state index is 0.270. The Hall–Kier alpha value is -2.19. The second kappa shape index (κ2) is 14.1. The molecule has 2 aromatic rings. The average molecular weight is 603 g/mol. The molecule has 10 nitrogen and oxygen atoms in total. The second-order valence-corrected chi connectivity index (χ2v) is 16.4. The fourth-order valence-electron chi connectivity index (χ4n) is 6.18. The van der Waals surface area contributed by atoms with Crippen LogP contribution in [0.2, 0.25) is 5.04 Å². The van der Waals surface area contributed by atoms with Crippen LogP contribution in [0.5, 0.6) is 0 Å². The predicted molar refractivity (Wildman–Crippen MR) is 161 cm³/mol. The van der Waals surface area contributed by atoms with Gasteiger partial charge in [0.05, 0.1) is 32.0 Å². The summed E-state index contributed by atoms with van der Waals surface area (Å²) in [6.07, 6.45) is -3.10. The standard InChI is InChI=1S/C31H46N2O8Si/c1-31(2,3)42(20-12-7-5-8-13-20,21-14-9-6-10-15-21)41-28-22(32)16-11-17-23(28)39-30-26(33)29(38-19-25(35)37-4)27(36)24(18-34)40-30/h5-10,12-15,22-24,26-30,34,36H,11,16-19,32-33H2,1-4H3/t22-,23?,24?,26?,27-,28-,29+,30?/m0/s1. The van der Waals surface area contributed by atoms with Crippen molar-refractivity contribution in [3.05, 3.63) is 60.7 Å². The van der Waals surface area contributed by atoms with Crippen molar-refractivity contribution < 1.29 is 38.4 Å². The molecule has 232 valence electrons. The summed E-state index contributed by atoms with van der Waals surface area (Å²) in [6, 6.07) is 19.4. The maximum Gasteiger partial charge on any atom is 0.331 e. The van der Waals surface area contributed by atoms with Gasteiger partial charge in [-0.25, -0.2) is 4.79 Å². The number of carbonyl (C=O) groups is 1. The highest BCUT2D eigenvalue weighted by molar-refractivity contribution is 6.99. The van der Waals surface area contributed by atoms with Crippen LogP contribution in [0.1, 0.15) is 40.0 Å². The van der Waals surface area contributed by atoms with Gasteiger partial charge in [0.2, 0.25) is 0 Å². The molecule has 0 bridgehead atoms. The van der Waals surface area contributed by atoms with E-state index in [1.165, 1.54) is 7.11 Å². The average Bonchev–Trinajstić information content (AvgIpc) is 2.98. The van der Waals surface area contributed by atoms with Crippen LogP contribution < -0.4 is 21.8 Å². The number of benzene rings is 2. The first-order valence-corrected chi connectivity index (χ1v) is 16.5. The first kappa shape index (κ1) is 32.7. The van der Waals surface area contributed by atoms with Crippen LogP contribution in [0.25, 0.3) is 0 Å². The van der Waals surface area contributed by atoms with Crippen LogP contribution in [-0.4, -0.2) is 93.7 Å². The lowest BCUT2D eigenvalue weighted by Crippen LogP contribution is -2.71. The number of hydrogen-bond acceptors (Lipinski definition) is 10. The molecule has 1 saturated carbocycles. The van der Waals surface area contributed by atoms with Crippen molar-refractivity contribution in [3.8, 4) is 0 Å². The Labute approximate surface area is 249 Å². The second-order valence-electron chi connectivity index (χ2n) is 12.2. The lowest BCUT2D eigenvalue weighted by Gasteiger charge is -2.50. The summed E-state index contributed by atoms with van der Waals surface area (Å²) in [6.45, 7) is 5.73. The van der Waals surface area contributed by atoms with Gasteiger partial charge in [-0.2, -0.15) is 0 Å². The third kappa shape index (κ3) is 6.80. The number of rotatable bonds is 10. The van der Waals surface area contributed by atoms with E-state index in [1.54, 1.807) is 0 Å². The Kier molecular flexibility index (Phi) is 11.0. The SMILES string of the molecule is COC(=O)CO[C@@H]1C(N)C(OC2CCC[C@H](N)[C@@H]2O[Si](c2ccccc2)(c2ccccc2)C(C)(C)C)OC(CO)[C@@H]1O. The summed E-state index contributed by atoms with van der Waals surface area (Å²) in [5, 5.41) is 22.7. The van der Waals surface area contributed by atoms with Crippen molar-refractivity contribution in [1.82, 2.24) is 0 Å². The zero-order chi connectivity index (χ0) is 30.5. The number of carbonyl (C=O) groups excluding carboxylic acids is 1. The first-order chi connectivity index (χ1) is 20.0. The molecule has 0 spiro atoms. The molecule has 6 N–H and O–H groups in total. The third-order valence-corrected chi connectivity index (χ3v) is 13.4. The molecule has 1 aliphatic heterocycles. The van der Waals surface area contributed by atoms with Gasteiger partial charge in [-0.3, -0.25) is 0 Å². The lowest BCUT2D eigenvalue weighted by molar-refractivity contribution is -0.292. The first-order valence-electron chi connectivity index (χ1n) is 14.6. The number of hydrogen-bond donors (Lipinski definition) is 4. The maximum atomic E-state index is 11.7. The van der Waals surface area contributed by atoms with E-state index < -0.39 is 70.4 Å². The summed E-state index contributed by atoms with van der Waals surface area (Å²) in [5.74, 6) is -0.615. The highest BCUT2D eigenvalue weighted by Crippen LogP contribution is 2.40. The molecule has 42 heavy (non-hydrogen) atoms. The molecule has 2 fully saturated rings. The Bertz CT molecular complexity index is 1100. The number of nitrogens with two attached hydrogens (primary N) is 2. The molecule has 1 aliphatic carbocycles. The van der Waals surface area contributed by atoms with Crippen molar-refractivity contribution in [1.29, 1.82) is 0 Å². The monoisotopic (exact) mass is 602 g/mol. The minimum atomic E-state index is -2.97. The van der Waals surface area contributed by atoms with Gasteiger partial charge < -0.3 is 45.1 Å². The molecule has 1 saturated heterocycles. The Morgan fingerprint density at radius 3 is 2.12 bits per heavy atom. The van der Waals surface area contributed by atoms with Gasteiger partial charge in [-0.05, 0) is 34.7 Å². The van der Waals surface area contributed by atoms with E-state index in [0.29, 0.717) is 6.42 Å². The molecule has 2 aromatic carbocycles. The zero-order valence-electron chi connectivity index (χ0n) is 24.9. The molecule has 1 heterocycles. The maximum absolute atomic E-state index is 11.7. The number of esters is 1. The highest BCUT2D eigenvalue weighted by atomic mass is 28.4. The van der Waals surface area contributed by atoms with Crippen LogP contribution in [0.15, 0.2) is 60.7 Å². The van der Waals surface area contributed by atoms with Crippen molar-refractivity contribution in [3.63, 3.8) is 0 Å². The molecular weight excluding hydrogens is 556 g/mol. The summed E-state index contributed by atoms with van der Waals surface area (Å²) in [7, 11) is -1.72. The molecule has 4 rings (SSSR count). The topological polar surface area (TPSA) is 156 Å². The predicted octanol–water partition coefficient (Wildman–Crippen LogP) is 0.792. The van der Waals surface area contributed by atoms with Crippen LogP contribution in [-0.2, 0) is 28.2 Å². The van der Waals surface area contributed by atoms with Crippen LogP contribution in [0, 0.1) is 0 Å². The van der Waals surface area contributed by atoms with Crippen LogP contribution in [0.3, 0.4) is 0 Å². The van der Waals surface area contributed by atoms with Crippen molar-refractivity contribution in [2.75, 3.05) is 20.3 Å². The third-order valence-electron chi connectivity index (χ3n) is 8.37. The van der Waals surface area contributed by atoms with E-state index in [0.717, 1.165) is 23.2 Å². The lowest BCUT2D eigenvalue weighted by atomic mass is 9.90. The Morgan fingerprint density at radius 2 is 1.60 bits per heavy atom. The van der Waals surface area contributed by atoms with E-state index >= 15 is 0 Å². The minimum Gasteiger partial charge on any atom is -0.467 e. The smallest absolute Gasteiger partial charge is 0.331 e. The molecular formula is C31H46N2O8Si. The van der Waals surface area contributed by atoms with Crippen molar-refractivity contribution >= 4 is 24.7 Å². The van der Waals surface area contributed by atoms with E-state index in [1.807, 2.05) is 36.4 Å². The molecule has 0 radical (unpaired) electrons. The van der Waals surface area contributed by atoms with E-state index in [2.05, 4.69) is 49.8 Å². The normalized spacial score (nSPS) is 30.6. The van der Waals surface area contributed by atoms with Crippen LogP contribution >= 0.6 is 0 Å². The molecule has 4 unspecified atom stereocenters. The Morgan fingerprint density at radius 1 is 1.00 bits per heavy atom. The fraction of sp³-hybridized carbons (Fsp3) is 0.581. The number of methoxy groups -OCH3 is 1. The van der Waals surface area contributed by atoms with Gasteiger partial charge in [0, 0.05) is 6.04 Å². The zero-order valence-corrected chi connectivity index (χ0v) is 25.9. The summed E-state index contributed by atoms with van der Waals surface area (Å²) in [5.41, 5.74) is 13.3. The largest absolute Gasteiger partial charge is 0.467 e. The summed E-state index contributed by atoms with van der Waals surface area (Å²) >= 11 is 0. The number of aliphatic hydroxyl groups is 2. The van der Waals surface area contributed by atoms with E-state index in [9.17, 15) is 15.0 Å². The van der Waals surface area contributed by atoms with Gasteiger partial charge >= 0.3 is 5.97 Å². The van der Waals surface area contributed by atoms with Crippen LogP contribution in [0.4, 0.5) is 0 Å². The van der Waals surface area contributed by atoms with E-state index in [4.69, 9.17) is 30.1 Å². The fourth-order valence-corrected chi connectivity index (χ4v) is 10.9.